The first kappa shape index (κ1) is 14.9. The number of para-hydroxylation sites is 2. The molecule has 1 amide bonds. The summed E-state index contributed by atoms with van der Waals surface area (Å²) in [5.74, 6) is 0.0908. The topological polar surface area (TPSA) is 66.6 Å². The number of hydrogen-bond acceptors (Lipinski definition) is 3. The summed E-state index contributed by atoms with van der Waals surface area (Å²) < 4.78 is 0. The molecule has 3 N–H and O–H groups in total. The third kappa shape index (κ3) is 2.80. The lowest BCUT2D eigenvalue weighted by Gasteiger charge is -2.32. The molecule has 1 atom stereocenters. The maximum absolute atomic E-state index is 12.9. The van der Waals surface area contributed by atoms with Crippen LogP contribution < -0.4 is 10.6 Å². The average Bonchev–Trinajstić information content (AvgIpc) is 2.76. The van der Waals surface area contributed by atoms with Gasteiger partial charge in [-0.1, -0.05) is 32.4 Å². The Hall–Kier alpha value is -1.55. The van der Waals surface area contributed by atoms with Crippen LogP contribution >= 0.6 is 0 Å². The van der Waals surface area contributed by atoms with Crippen molar-refractivity contribution in [3.05, 3.63) is 24.3 Å². The maximum atomic E-state index is 12.9. The fourth-order valence-corrected chi connectivity index (χ4v) is 3.16. The summed E-state index contributed by atoms with van der Waals surface area (Å²) in [6.07, 6.45) is 3.07. The van der Waals surface area contributed by atoms with Gasteiger partial charge >= 0.3 is 0 Å². The molecule has 4 nitrogen and oxygen atoms in total. The van der Waals surface area contributed by atoms with Gasteiger partial charge < -0.3 is 15.7 Å². The van der Waals surface area contributed by atoms with Crippen molar-refractivity contribution in [2.75, 3.05) is 23.8 Å². The molecule has 1 saturated carbocycles. The molecule has 20 heavy (non-hydrogen) atoms. The highest BCUT2D eigenvalue weighted by molar-refractivity contribution is 5.98. The van der Waals surface area contributed by atoms with E-state index in [1.165, 1.54) is 0 Å². The largest absolute Gasteiger partial charge is 0.397 e. The Morgan fingerprint density at radius 3 is 2.70 bits per heavy atom. The molecule has 1 fully saturated rings. The van der Waals surface area contributed by atoms with E-state index in [-0.39, 0.29) is 23.8 Å². The third-order valence-electron chi connectivity index (χ3n) is 4.37. The number of benzene rings is 1. The minimum absolute atomic E-state index is 0.00801. The summed E-state index contributed by atoms with van der Waals surface area (Å²) in [7, 11) is 0. The highest BCUT2D eigenvalue weighted by atomic mass is 16.3. The number of anilines is 2. The van der Waals surface area contributed by atoms with Crippen molar-refractivity contribution in [1.82, 2.24) is 0 Å². The van der Waals surface area contributed by atoms with E-state index in [2.05, 4.69) is 13.8 Å². The number of aliphatic hydroxyl groups is 1. The van der Waals surface area contributed by atoms with Crippen LogP contribution in [0.1, 0.15) is 33.1 Å². The molecule has 0 aliphatic heterocycles. The Labute approximate surface area is 120 Å². The number of amides is 1. The molecule has 0 heterocycles. The van der Waals surface area contributed by atoms with Crippen molar-refractivity contribution in [1.29, 1.82) is 0 Å². The minimum Gasteiger partial charge on any atom is -0.397 e. The molecule has 1 unspecified atom stereocenters. The predicted molar refractivity (Wildman–Crippen MR) is 81.4 cm³/mol. The Bertz CT molecular complexity index is 485. The van der Waals surface area contributed by atoms with Gasteiger partial charge in [0.05, 0.1) is 18.0 Å². The second-order valence-corrected chi connectivity index (χ2v) is 6.21. The minimum atomic E-state index is -0.0623. The van der Waals surface area contributed by atoms with E-state index < -0.39 is 0 Å². The van der Waals surface area contributed by atoms with E-state index >= 15 is 0 Å². The first-order valence-electron chi connectivity index (χ1n) is 7.24. The van der Waals surface area contributed by atoms with E-state index in [4.69, 9.17) is 5.73 Å². The van der Waals surface area contributed by atoms with Crippen LogP contribution in [0.5, 0.6) is 0 Å². The summed E-state index contributed by atoms with van der Waals surface area (Å²) in [6.45, 7) is 4.52. The van der Waals surface area contributed by atoms with Gasteiger partial charge in [-0.2, -0.15) is 0 Å². The summed E-state index contributed by atoms with van der Waals surface area (Å²) in [5, 5.41) is 9.28. The Morgan fingerprint density at radius 1 is 1.45 bits per heavy atom. The van der Waals surface area contributed by atoms with Gasteiger partial charge in [-0.25, -0.2) is 0 Å². The van der Waals surface area contributed by atoms with Crippen LogP contribution in [-0.4, -0.2) is 24.2 Å². The monoisotopic (exact) mass is 276 g/mol. The van der Waals surface area contributed by atoms with Gasteiger partial charge in [0.2, 0.25) is 5.91 Å². The van der Waals surface area contributed by atoms with Crippen molar-refractivity contribution in [3.8, 4) is 0 Å². The highest BCUT2D eigenvalue weighted by Gasteiger charge is 2.41. The number of carbonyl (C=O) groups excluding carboxylic acids is 1. The van der Waals surface area contributed by atoms with E-state index in [9.17, 15) is 9.90 Å². The molecule has 1 aliphatic rings. The molecule has 0 spiro atoms. The lowest BCUT2D eigenvalue weighted by molar-refractivity contribution is -0.125. The number of carbonyl (C=O) groups is 1. The smallest absolute Gasteiger partial charge is 0.230 e. The summed E-state index contributed by atoms with van der Waals surface area (Å²) in [5.41, 5.74) is 7.28. The second-order valence-electron chi connectivity index (χ2n) is 6.21. The molecule has 2 rings (SSSR count). The fraction of sp³-hybridized carbons (Fsp3) is 0.562. The first-order valence-corrected chi connectivity index (χ1v) is 7.24. The Morgan fingerprint density at radius 2 is 2.15 bits per heavy atom. The lowest BCUT2D eigenvalue weighted by atomic mass is 9.81. The molecule has 1 aromatic carbocycles. The van der Waals surface area contributed by atoms with Gasteiger partial charge in [0.15, 0.2) is 0 Å². The number of nitrogens with two attached hydrogens (primary N) is 1. The van der Waals surface area contributed by atoms with Crippen molar-refractivity contribution in [2.24, 2.45) is 11.3 Å². The molecular weight excluding hydrogens is 252 g/mol. The number of aliphatic hydroxyl groups excluding tert-OH is 1. The van der Waals surface area contributed by atoms with E-state index in [0.29, 0.717) is 17.9 Å². The van der Waals surface area contributed by atoms with Crippen LogP contribution in [0.15, 0.2) is 24.3 Å². The van der Waals surface area contributed by atoms with Gasteiger partial charge in [-0.15, -0.1) is 0 Å². The normalized spacial score (nSPS) is 20.9. The first-order chi connectivity index (χ1) is 9.47. The molecule has 1 aliphatic carbocycles. The van der Waals surface area contributed by atoms with Crippen LogP contribution in [0.3, 0.4) is 0 Å². The molecule has 0 aromatic heterocycles. The second kappa shape index (κ2) is 5.83. The standard InChI is InChI=1S/C16H24N2O2/c1-16(2)9-5-6-12(16)15(20)18(10-11-19)14-8-4-3-7-13(14)17/h3-4,7-8,12,19H,5-6,9-11,17H2,1-2H3. The Balaban J connectivity index is 2.29. The summed E-state index contributed by atoms with van der Waals surface area (Å²) in [6, 6.07) is 7.33. The maximum Gasteiger partial charge on any atom is 0.230 e. The average molecular weight is 276 g/mol. The van der Waals surface area contributed by atoms with Crippen LogP contribution in [-0.2, 0) is 4.79 Å². The van der Waals surface area contributed by atoms with Gasteiger partial charge in [-0.05, 0) is 30.4 Å². The molecule has 0 saturated heterocycles. The summed E-state index contributed by atoms with van der Waals surface area (Å²) in [4.78, 5) is 14.5. The summed E-state index contributed by atoms with van der Waals surface area (Å²) >= 11 is 0. The van der Waals surface area contributed by atoms with Crippen molar-refractivity contribution >= 4 is 17.3 Å². The van der Waals surface area contributed by atoms with E-state index in [1.807, 2.05) is 18.2 Å². The van der Waals surface area contributed by atoms with Gasteiger partial charge in [0, 0.05) is 12.5 Å². The molecule has 0 bridgehead atoms. The molecule has 0 radical (unpaired) electrons. The van der Waals surface area contributed by atoms with Gasteiger partial charge in [-0.3, -0.25) is 4.79 Å². The van der Waals surface area contributed by atoms with Crippen LogP contribution in [0.4, 0.5) is 11.4 Å². The number of nitrogen functional groups attached to an aromatic ring is 1. The van der Waals surface area contributed by atoms with Crippen molar-refractivity contribution < 1.29 is 9.90 Å². The van der Waals surface area contributed by atoms with Crippen LogP contribution in [0, 0.1) is 11.3 Å². The van der Waals surface area contributed by atoms with E-state index in [1.54, 1.807) is 11.0 Å². The zero-order valence-corrected chi connectivity index (χ0v) is 12.3. The van der Waals surface area contributed by atoms with E-state index in [0.717, 1.165) is 19.3 Å². The van der Waals surface area contributed by atoms with Crippen molar-refractivity contribution in [3.63, 3.8) is 0 Å². The molecule has 1 aromatic rings. The predicted octanol–water partition coefficient (Wildman–Crippen LogP) is 2.42. The zero-order chi connectivity index (χ0) is 14.8. The Kier molecular flexibility index (Phi) is 4.33. The van der Waals surface area contributed by atoms with Gasteiger partial charge in [0.25, 0.3) is 0 Å². The molecule has 4 heteroatoms. The number of hydrogen-bond donors (Lipinski definition) is 2. The molecular formula is C16H24N2O2. The SMILES string of the molecule is CC1(C)CCCC1C(=O)N(CCO)c1ccccc1N. The highest BCUT2D eigenvalue weighted by Crippen LogP contribution is 2.44. The van der Waals surface area contributed by atoms with Crippen LogP contribution in [0.25, 0.3) is 0 Å². The fourth-order valence-electron chi connectivity index (χ4n) is 3.16. The molecule has 110 valence electrons. The quantitative estimate of drug-likeness (QED) is 0.830. The van der Waals surface area contributed by atoms with Crippen molar-refractivity contribution in [2.45, 2.75) is 33.1 Å². The van der Waals surface area contributed by atoms with Crippen LogP contribution in [0.2, 0.25) is 0 Å². The third-order valence-corrected chi connectivity index (χ3v) is 4.37. The number of nitrogens with zero attached hydrogens (tertiary/aromatic N) is 1. The zero-order valence-electron chi connectivity index (χ0n) is 12.3. The lowest BCUT2D eigenvalue weighted by Crippen LogP contribution is -2.42. The van der Waals surface area contributed by atoms with Gasteiger partial charge in [0.1, 0.15) is 0 Å². The number of rotatable bonds is 4.